The van der Waals surface area contributed by atoms with E-state index in [-0.39, 0.29) is 31.4 Å². The number of anilines is 1. The van der Waals surface area contributed by atoms with Crippen LogP contribution in [0.2, 0.25) is 0 Å². The minimum atomic E-state index is -1.03. The van der Waals surface area contributed by atoms with Crippen molar-refractivity contribution in [2.45, 2.75) is 12.5 Å². The van der Waals surface area contributed by atoms with Crippen molar-refractivity contribution in [1.29, 1.82) is 0 Å². The second kappa shape index (κ2) is 9.61. The Hall–Kier alpha value is -3.39. The summed E-state index contributed by atoms with van der Waals surface area (Å²) in [6.07, 6.45) is -1.07. The third-order valence-corrected chi connectivity index (χ3v) is 5.25. The highest BCUT2D eigenvalue weighted by Gasteiger charge is 2.31. The van der Waals surface area contributed by atoms with Crippen LogP contribution in [0.15, 0.2) is 54.6 Å². The van der Waals surface area contributed by atoms with E-state index >= 15 is 0 Å². The summed E-state index contributed by atoms with van der Waals surface area (Å²) in [6.45, 7) is 1.90. The smallest absolute Gasteiger partial charge is 0.308 e. The van der Waals surface area contributed by atoms with Gasteiger partial charge in [0, 0.05) is 25.2 Å². The molecule has 1 atom stereocenters. The molecule has 2 heterocycles. The molecular formula is C23H24N2O6. The van der Waals surface area contributed by atoms with Crippen molar-refractivity contribution in [3.8, 4) is 5.75 Å². The lowest BCUT2D eigenvalue weighted by atomic mass is 10.1. The fourth-order valence-corrected chi connectivity index (χ4v) is 3.63. The standard InChI is InChI=1S/C23H24N2O6/c26-20-16-30-19-9-5-4-8-18(19)25(20)11-10-21(27)31-22(17-6-2-1-3-7-17)23(28)24-12-14-29-15-13-24/h1-9,22H,10-16H2/t22-/m0/s1. The van der Waals surface area contributed by atoms with Crippen molar-refractivity contribution in [1.82, 2.24) is 4.90 Å². The molecule has 0 radical (unpaired) electrons. The summed E-state index contributed by atoms with van der Waals surface area (Å²) in [7, 11) is 0. The Morgan fingerprint density at radius 1 is 1.00 bits per heavy atom. The fourth-order valence-electron chi connectivity index (χ4n) is 3.63. The summed E-state index contributed by atoms with van der Waals surface area (Å²) in [5, 5.41) is 0. The molecule has 1 fully saturated rings. The van der Waals surface area contributed by atoms with Gasteiger partial charge in [0.15, 0.2) is 6.61 Å². The summed E-state index contributed by atoms with van der Waals surface area (Å²) in [4.78, 5) is 41.2. The molecule has 2 aromatic carbocycles. The molecule has 2 aromatic rings. The van der Waals surface area contributed by atoms with Crippen LogP contribution < -0.4 is 9.64 Å². The van der Waals surface area contributed by atoms with Crippen molar-refractivity contribution < 1.29 is 28.6 Å². The summed E-state index contributed by atoms with van der Waals surface area (Å²) in [6, 6.07) is 16.1. The van der Waals surface area contributed by atoms with E-state index in [1.54, 1.807) is 47.4 Å². The Morgan fingerprint density at radius 3 is 2.48 bits per heavy atom. The van der Waals surface area contributed by atoms with Crippen molar-refractivity contribution in [3.05, 3.63) is 60.2 Å². The number of benzene rings is 2. The Balaban J connectivity index is 1.44. The zero-order chi connectivity index (χ0) is 21.6. The third kappa shape index (κ3) is 4.86. The van der Waals surface area contributed by atoms with E-state index in [1.165, 1.54) is 4.90 Å². The fraction of sp³-hybridized carbons (Fsp3) is 0.348. The summed E-state index contributed by atoms with van der Waals surface area (Å²) in [5.74, 6) is -0.446. The van der Waals surface area contributed by atoms with Crippen LogP contribution in [0, 0.1) is 0 Å². The molecule has 2 amide bonds. The Bertz CT molecular complexity index is 942. The number of carbonyl (C=O) groups excluding carboxylic acids is 3. The number of hydrogen-bond acceptors (Lipinski definition) is 6. The van der Waals surface area contributed by atoms with Crippen LogP contribution >= 0.6 is 0 Å². The van der Waals surface area contributed by atoms with Gasteiger partial charge in [-0.3, -0.25) is 14.4 Å². The molecule has 0 aliphatic carbocycles. The molecule has 0 unspecified atom stereocenters. The van der Waals surface area contributed by atoms with Gasteiger partial charge in [0.2, 0.25) is 6.10 Å². The normalized spacial score (nSPS) is 16.8. The largest absolute Gasteiger partial charge is 0.482 e. The van der Waals surface area contributed by atoms with Crippen molar-refractivity contribution in [2.24, 2.45) is 0 Å². The van der Waals surface area contributed by atoms with Crippen LogP contribution in [-0.4, -0.2) is 62.1 Å². The third-order valence-electron chi connectivity index (χ3n) is 5.25. The molecule has 1 saturated heterocycles. The SMILES string of the molecule is O=C(CCN1C(=O)COc2ccccc21)O[C@H](C(=O)N1CCOCC1)c1ccccc1. The Kier molecular flexibility index (Phi) is 6.47. The van der Waals surface area contributed by atoms with Gasteiger partial charge in [-0.15, -0.1) is 0 Å². The molecule has 8 heteroatoms. The number of fused-ring (bicyclic) bond motifs is 1. The minimum Gasteiger partial charge on any atom is -0.482 e. The highest BCUT2D eigenvalue weighted by molar-refractivity contribution is 5.98. The molecule has 0 spiro atoms. The molecule has 162 valence electrons. The quantitative estimate of drug-likeness (QED) is 0.659. The van der Waals surface area contributed by atoms with E-state index in [2.05, 4.69) is 0 Å². The predicted molar refractivity (Wildman–Crippen MR) is 112 cm³/mol. The molecule has 4 rings (SSSR count). The van der Waals surface area contributed by atoms with Gasteiger partial charge >= 0.3 is 5.97 Å². The zero-order valence-electron chi connectivity index (χ0n) is 17.1. The number of nitrogens with zero attached hydrogens (tertiary/aromatic N) is 2. The van der Waals surface area contributed by atoms with Crippen LogP contribution in [0.25, 0.3) is 0 Å². The first-order valence-electron chi connectivity index (χ1n) is 10.3. The first-order valence-corrected chi connectivity index (χ1v) is 10.3. The molecule has 0 saturated carbocycles. The maximum atomic E-state index is 13.1. The first-order chi connectivity index (χ1) is 15.1. The monoisotopic (exact) mass is 424 g/mol. The van der Waals surface area contributed by atoms with Gasteiger partial charge in [-0.25, -0.2) is 0 Å². The molecule has 31 heavy (non-hydrogen) atoms. The Labute approximate surface area is 180 Å². The highest BCUT2D eigenvalue weighted by Crippen LogP contribution is 2.31. The van der Waals surface area contributed by atoms with Gasteiger partial charge in [0.1, 0.15) is 5.75 Å². The van der Waals surface area contributed by atoms with Gasteiger partial charge in [0.05, 0.1) is 25.3 Å². The zero-order valence-corrected chi connectivity index (χ0v) is 17.1. The second-order valence-electron chi connectivity index (χ2n) is 7.27. The average Bonchev–Trinajstić information content (AvgIpc) is 2.82. The van der Waals surface area contributed by atoms with Gasteiger partial charge in [-0.1, -0.05) is 42.5 Å². The number of morpholine rings is 1. The molecule has 2 aliphatic rings. The molecule has 2 aliphatic heterocycles. The topological polar surface area (TPSA) is 85.4 Å². The van der Waals surface area contributed by atoms with Crippen LogP contribution in [0.3, 0.4) is 0 Å². The average molecular weight is 424 g/mol. The number of amides is 2. The van der Waals surface area contributed by atoms with E-state index in [9.17, 15) is 14.4 Å². The van der Waals surface area contributed by atoms with E-state index in [0.717, 1.165) is 0 Å². The van der Waals surface area contributed by atoms with E-state index in [1.807, 2.05) is 12.1 Å². The van der Waals surface area contributed by atoms with E-state index < -0.39 is 12.1 Å². The summed E-state index contributed by atoms with van der Waals surface area (Å²) < 4.78 is 16.4. The second-order valence-corrected chi connectivity index (χ2v) is 7.27. The number of esters is 1. The maximum Gasteiger partial charge on any atom is 0.308 e. The van der Waals surface area contributed by atoms with Crippen LogP contribution in [0.5, 0.6) is 5.75 Å². The summed E-state index contributed by atoms with van der Waals surface area (Å²) >= 11 is 0. The lowest BCUT2D eigenvalue weighted by Gasteiger charge is -2.31. The number of rotatable bonds is 6. The number of carbonyl (C=O) groups is 3. The van der Waals surface area contributed by atoms with Gasteiger partial charge in [0.25, 0.3) is 11.8 Å². The van der Waals surface area contributed by atoms with Crippen LogP contribution in [0.4, 0.5) is 5.69 Å². The van der Waals surface area contributed by atoms with Crippen LogP contribution in [-0.2, 0) is 23.9 Å². The van der Waals surface area contributed by atoms with E-state index in [4.69, 9.17) is 14.2 Å². The van der Waals surface area contributed by atoms with Gasteiger partial charge in [-0.2, -0.15) is 0 Å². The minimum absolute atomic E-state index is 0.0419. The van der Waals surface area contributed by atoms with Gasteiger partial charge < -0.3 is 24.0 Å². The molecule has 0 bridgehead atoms. The van der Waals surface area contributed by atoms with E-state index in [0.29, 0.717) is 43.3 Å². The first kappa shape index (κ1) is 20.9. The summed E-state index contributed by atoms with van der Waals surface area (Å²) in [5.41, 5.74) is 1.23. The maximum absolute atomic E-state index is 13.1. The number of ether oxygens (including phenoxy) is 3. The lowest BCUT2D eigenvalue weighted by Crippen LogP contribution is -2.44. The van der Waals surface area contributed by atoms with Crippen molar-refractivity contribution >= 4 is 23.5 Å². The molecule has 8 nitrogen and oxygen atoms in total. The predicted octanol–water partition coefficient (Wildman–Crippen LogP) is 1.95. The van der Waals surface area contributed by atoms with Crippen LogP contribution in [0.1, 0.15) is 18.1 Å². The number of hydrogen-bond donors (Lipinski definition) is 0. The van der Waals surface area contributed by atoms with Crippen molar-refractivity contribution in [2.75, 3.05) is 44.4 Å². The highest BCUT2D eigenvalue weighted by atomic mass is 16.5. The number of para-hydroxylation sites is 2. The molecule has 0 N–H and O–H groups in total. The molecular weight excluding hydrogens is 400 g/mol. The van der Waals surface area contributed by atoms with Gasteiger partial charge in [-0.05, 0) is 12.1 Å². The Morgan fingerprint density at radius 2 is 1.71 bits per heavy atom. The molecule has 0 aromatic heterocycles. The van der Waals surface area contributed by atoms with Crippen molar-refractivity contribution in [3.63, 3.8) is 0 Å². The lowest BCUT2D eigenvalue weighted by molar-refractivity contribution is -0.162.